The summed E-state index contributed by atoms with van der Waals surface area (Å²) >= 11 is 0. The zero-order valence-corrected chi connectivity index (χ0v) is 24.1. The van der Waals surface area contributed by atoms with E-state index in [2.05, 4.69) is 158 Å². The van der Waals surface area contributed by atoms with Gasteiger partial charge in [0.25, 0.3) is 0 Å². The number of rotatable bonds is 4. The monoisotopic (exact) mass is 551 g/mol. The molecule has 0 N–H and O–H groups in total. The molecule has 1 aliphatic carbocycles. The Morgan fingerprint density at radius 3 is 2.09 bits per heavy atom. The molecule has 1 aromatic heterocycles. The van der Waals surface area contributed by atoms with Gasteiger partial charge in [-0.25, -0.2) is 0 Å². The van der Waals surface area contributed by atoms with Crippen LogP contribution in [0.2, 0.25) is 0 Å². The van der Waals surface area contributed by atoms with Crippen LogP contribution >= 0.6 is 0 Å². The smallest absolute Gasteiger partial charge is 0.136 e. The van der Waals surface area contributed by atoms with Crippen LogP contribution in [-0.2, 0) is 5.41 Å². The minimum Gasteiger partial charge on any atom is -0.456 e. The van der Waals surface area contributed by atoms with Crippen molar-refractivity contribution in [1.82, 2.24) is 0 Å². The van der Waals surface area contributed by atoms with Crippen LogP contribution in [-0.4, -0.2) is 0 Å². The third-order valence-corrected chi connectivity index (χ3v) is 9.44. The Balaban J connectivity index is 1.28. The van der Waals surface area contributed by atoms with Crippen molar-refractivity contribution in [2.24, 2.45) is 0 Å². The molecule has 9 rings (SSSR count). The van der Waals surface area contributed by atoms with Crippen LogP contribution in [0.4, 0.5) is 17.1 Å². The Bertz CT molecular complexity index is 2310. The average Bonchev–Trinajstić information content (AvgIpc) is 3.55. The standard InChI is InChI=1S/C41H29NO/c1-41(2)34-13-7-6-12-31(34)32-22-20-30(25-35(32)41)42(29-18-15-27(16-19-29)26-9-4-3-5-10-26)36-23-24-38-40-33(36)21-17-28-11-8-14-37(43-38)39(28)40/h3-25H,1-2H3. The molecular formula is C41H29NO. The van der Waals surface area contributed by atoms with Crippen molar-refractivity contribution in [3.05, 3.63) is 151 Å². The molecule has 2 heteroatoms. The molecule has 0 radical (unpaired) electrons. The molecule has 1 heterocycles. The van der Waals surface area contributed by atoms with Gasteiger partial charge >= 0.3 is 0 Å². The lowest BCUT2D eigenvalue weighted by Crippen LogP contribution is -2.16. The molecule has 7 aromatic carbocycles. The van der Waals surface area contributed by atoms with Crippen LogP contribution in [0.1, 0.15) is 25.0 Å². The van der Waals surface area contributed by atoms with Crippen LogP contribution < -0.4 is 4.90 Å². The maximum absolute atomic E-state index is 6.33. The van der Waals surface area contributed by atoms with Crippen molar-refractivity contribution >= 4 is 49.8 Å². The Labute approximate surface area is 250 Å². The minimum atomic E-state index is -0.0848. The van der Waals surface area contributed by atoms with Crippen LogP contribution in [0.25, 0.3) is 55.0 Å². The van der Waals surface area contributed by atoms with Gasteiger partial charge in [0.15, 0.2) is 0 Å². The first kappa shape index (κ1) is 24.3. The fourth-order valence-electron chi connectivity index (χ4n) is 7.32. The van der Waals surface area contributed by atoms with Crippen LogP contribution in [0, 0.1) is 0 Å². The van der Waals surface area contributed by atoms with Gasteiger partial charge in [-0.15, -0.1) is 0 Å². The summed E-state index contributed by atoms with van der Waals surface area (Å²) < 4.78 is 6.33. The van der Waals surface area contributed by atoms with Crippen LogP contribution in [0.5, 0.6) is 0 Å². The molecule has 2 nitrogen and oxygen atoms in total. The van der Waals surface area contributed by atoms with E-state index in [4.69, 9.17) is 4.42 Å². The zero-order valence-electron chi connectivity index (χ0n) is 24.1. The summed E-state index contributed by atoms with van der Waals surface area (Å²) in [6.45, 7) is 4.69. The first-order valence-electron chi connectivity index (χ1n) is 14.9. The van der Waals surface area contributed by atoms with Gasteiger partial charge in [0.2, 0.25) is 0 Å². The first-order valence-corrected chi connectivity index (χ1v) is 14.9. The highest BCUT2D eigenvalue weighted by Gasteiger charge is 2.35. The van der Waals surface area contributed by atoms with Gasteiger partial charge in [-0.1, -0.05) is 111 Å². The fourth-order valence-corrected chi connectivity index (χ4v) is 7.32. The molecule has 204 valence electrons. The van der Waals surface area contributed by atoms with E-state index in [-0.39, 0.29) is 5.41 Å². The summed E-state index contributed by atoms with van der Waals surface area (Å²) in [5, 5.41) is 4.77. The lowest BCUT2D eigenvalue weighted by molar-refractivity contribution is 0.660. The van der Waals surface area contributed by atoms with Crippen molar-refractivity contribution < 1.29 is 4.42 Å². The maximum Gasteiger partial charge on any atom is 0.136 e. The van der Waals surface area contributed by atoms with Gasteiger partial charge in [0.1, 0.15) is 11.2 Å². The molecule has 0 atom stereocenters. The van der Waals surface area contributed by atoms with Crippen molar-refractivity contribution in [1.29, 1.82) is 0 Å². The van der Waals surface area contributed by atoms with E-state index in [0.717, 1.165) is 28.2 Å². The van der Waals surface area contributed by atoms with E-state index in [0.29, 0.717) is 0 Å². The SMILES string of the molecule is CC1(C)c2ccccc2-c2ccc(N(c3ccc(-c4ccccc4)cc3)c3ccc4oc5cccc6ccc3c4c65)cc21. The normalized spacial score (nSPS) is 13.5. The Morgan fingerprint density at radius 2 is 1.23 bits per heavy atom. The molecule has 0 saturated carbocycles. The molecule has 0 aliphatic heterocycles. The first-order chi connectivity index (χ1) is 21.1. The van der Waals surface area contributed by atoms with Crippen molar-refractivity contribution in [3.63, 3.8) is 0 Å². The second-order valence-corrected chi connectivity index (χ2v) is 12.2. The summed E-state index contributed by atoms with van der Waals surface area (Å²) in [4.78, 5) is 2.42. The van der Waals surface area contributed by atoms with E-state index in [1.165, 1.54) is 54.9 Å². The number of fused-ring (bicyclic) bond motifs is 3. The van der Waals surface area contributed by atoms with Gasteiger partial charge in [-0.3, -0.25) is 0 Å². The number of anilines is 3. The highest BCUT2D eigenvalue weighted by Crippen LogP contribution is 2.51. The van der Waals surface area contributed by atoms with Crippen LogP contribution in [0.15, 0.2) is 144 Å². The number of hydrogen-bond donors (Lipinski definition) is 0. The Morgan fingerprint density at radius 1 is 0.512 bits per heavy atom. The van der Waals surface area contributed by atoms with Gasteiger partial charge in [0.05, 0.1) is 5.69 Å². The molecular weight excluding hydrogens is 522 g/mol. The molecule has 0 bridgehead atoms. The van der Waals surface area contributed by atoms with Gasteiger partial charge in [0, 0.05) is 32.9 Å². The van der Waals surface area contributed by atoms with E-state index in [1.807, 2.05) is 0 Å². The van der Waals surface area contributed by atoms with Gasteiger partial charge in [-0.2, -0.15) is 0 Å². The lowest BCUT2D eigenvalue weighted by atomic mass is 9.82. The zero-order chi connectivity index (χ0) is 28.7. The molecule has 0 spiro atoms. The summed E-state index contributed by atoms with van der Waals surface area (Å²) in [7, 11) is 0. The summed E-state index contributed by atoms with van der Waals surface area (Å²) in [6, 6.07) is 50.5. The summed E-state index contributed by atoms with van der Waals surface area (Å²) in [6.07, 6.45) is 0. The molecule has 0 saturated heterocycles. The Hall–Kier alpha value is -5.34. The summed E-state index contributed by atoms with van der Waals surface area (Å²) in [5.74, 6) is 0. The minimum absolute atomic E-state index is 0.0848. The van der Waals surface area contributed by atoms with Crippen molar-refractivity contribution in [2.45, 2.75) is 19.3 Å². The topological polar surface area (TPSA) is 16.4 Å². The third kappa shape index (κ3) is 3.47. The molecule has 8 aromatic rings. The molecule has 0 unspecified atom stereocenters. The molecule has 0 amide bonds. The lowest BCUT2D eigenvalue weighted by Gasteiger charge is -2.29. The highest BCUT2D eigenvalue weighted by molar-refractivity contribution is 6.24. The second kappa shape index (κ2) is 8.83. The predicted molar refractivity (Wildman–Crippen MR) is 180 cm³/mol. The highest BCUT2D eigenvalue weighted by atomic mass is 16.3. The van der Waals surface area contributed by atoms with Crippen molar-refractivity contribution in [2.75, 3.05) is 4.90 Å². The van der Waals surface area contributed by atoms with E-state index < -0.39 is 0 Å². The van der Waals surface area contributed by atoms with Crippen molar-refractivity contribution in [3.8, 4) is 22.3 Å². The average molecular weight is 552 g/mol. The second-order valence-electron chi connectivity index (χ2n) is 12.2. The number of benzene rings is 7. The van der Waals surface area contributed by atoms with E-state index in [1.54, 1.807) is 0 Å². The predicted octanol–water partition coefficient (Wildman–Crippen LogP) is 11.6. The third-order valence-electron chi connectivity index (χ3n) is 9.44. The number of hydrogen-bond acceptors (Lipinski definition) is 2. The molecule has 1 aliphatic rings. The van der Waals surface area contributed by atoms with E-state index >= 15 is 0 Å². The van der Waals surface area contributed by atoms with Gasteiger partial charge < -0.3 is 9.32 Å². The Kier molecular flexibility index (Phi) is 4.99. The van der Waals surface area contributed by atoms with Gasteiger partial charge in [-0.05, 0) is 81.2 Å². The number of nitrogens with zero attached hydrogens (tertiary/aromatic N) is 1. The molecule has 43 heavy (non-hydrogen) atoms. The summed E-state index contributed by atoms with van der Waals surface area (Å²) in [5.41, 5.74) is 13.0. The molecule has 0 fully saturated rings. The fraction of sp³-hybridized carbons (Fsp3) is 0.0732. The number of furan rings is 1. The largest absolute Gasteiger partial charge is 0.456 e. The van der Waals surface area contributed by atoms with E-state index in [9.17, 15) is 0 Å². The maximum atomic E-state index is 6.33. The van der Waals surface area contributed by atoms with Crippen LogP contribution in [0.3, 0.4) is 0 Å². The quantitative estimate of drug-likeness (QED) is 0.202.